The average molecular weight is 339 g/mol. The summed E-state index contributed by atoms with van der Waals surface area (Å²) >= 11 is 7.19. The highest BCUT2D eigenvalue weighted by atomic mass is 35.5. The standard InChI is InChI=1S/C15H15ClN2O3S/c1-9-8-12(22-13(9)15(20)18(2)21-3)17-14(19)10-6-4-5-7-11(10)16/h4-8H,1-3H3,(H,17,19). The summed E-state index contributed by atoms with van der Waals surface area (Å²) in [5, 5.41) is 4.85. The molecule has 1 N–H and O–H groups in total. The maximum Gasteiger partial charge on any atom is 0.287 e. The molecule has 0 aliphatic carbocycles. The van der Waals surface area contributed by atoms with Gasteiger partial charge in [-0.05, 0) is 30.7 Å². The average Bonchev–Trinajstić information content (AvgIpc) is 2.86. The van der Waals surface area contributed by atoms with Gasteiger partial charge in [-0.3, -0.25) is 14.4 Å². The zero-order valence-electron chi connectivity index (χ0n) is 12.3. The van der Waals surface area contributed by atoms with Gasteiger partial charge in [0.05, 0.1) is 27.6 Å². The van der Waals surface area contributed by atoms with Crippen molar-refractivity contribution in [3.05, 3.63) is 51.4 Å². The summed E-state index contributed by atoms with van der Waals surface area (Å²) in [6, 6.07) is 8.53. The fourth-order valence-corrected chi connectivity index (χ4v) is 3.06. The summed E-state index contributed by atoms with van der Waals surface area (Å²) in [7, 11) is 2.95. The van der Waals surface area contributed by atoms with Gasteiger partial charge in [0.2, 0.25) is 0 Å². The number of carbonyl (C=O) groups is 2. The molecule has 1 heterocycles. The smallest absolute Gasteiger partial charge is 0.287 e. The molecule has 7 heteroatoms. The van der Waals surface area contributed by atoms with Crippen molar-refractivity contribution in [1.29, 1.82) is 0 Å². The lowest BCUT2D eigenvalue weighted by molar-refractivity contribution is -0.0754. The quantitative estimate of drug-likeness (QED) is 0.866. The Hall–Kier alpha value is -1.89. The van der Waals surface area contributed by atoms with Crippen LogP contribution in [0.1, 0.15) is 25.6 Å². The molecule has 0 saturated heterocycles. The first-order chi connectivity index (χ1) is 10.4. The molecule has 0 saturated carbocycles. The molecule has 2 amide bonds. The number of thiophene rings is 1. The van der Waals surface area contributed by atoms with E-state index in [1.807, 2.05) is 0 Å². The number of nitrogens with zero attached hydrogens (tertiary/aromatic N) is 1. The number of rotatable bonds is 4. The Morgan fingerprint density at radius 1 is 1.32 bits per heavy atom. The first kappa shape index (κ1) is 16.5. The number of halogens is 1. The number of amides is 2. The van der Waals surface area contributed by atoms with Gasteiger partial charge in [-0.15, -0.1) is 11.3 Å². The normalized spacial score (nSPS) is 10.4. The van der Waals surface area contributed by atoms with Gasteiger partial charge in [0.15, 0.2) is 0 Å². The summed E-state index contributed by atoms with van der Waals surface area (Å²) in [5.74, 6) is -0.575. The summed E-state index contributed by atoms with van der Waals surface area (Å²) in [4.78, 5) is 29.7. The molecule has 0 aliphatic heterocycles. The number of carbonyl (C=O) groups excluding carboxylic acids is 2. The Labute approximate surface area is 137 Å². The zero-order chi connectivity index (χ0) is 16.3. The fraction of sp³-hybridized carbons (Fsp3) is 0.200. The number of hydrogen-bond acceptors (Lipinski definition) is 4. The maximum absolute atomic E-state index is 12.2. The Morgan fingerprint density at radius 3 is 2.64 bits per heavy atom. The summed E-state index contributed by atoms with van der Waals surface area (Å²) in [6.07, 6.45) is 0. The van der Waals surface area contributed by atoms with Crippen LogP contribution in [0, 0.1) is 6.92 Å². The van der Waals surface area contributed by atoms with Crippen LogP contribution in [-0.2, 0) is 4.84 Å². The first-order valence-electron chi connectivity index (χ1n) is 6.42. The van der Waals surface area contributed by atoms with E-state index in [4.69, 9.17) is 16.4 Å². The van der Waals surface area contributed by atoms with Crippen molar-refractivity contribution in [2.24, 2.45) is 0 Å². The zero-order valence-corrected chi connectivity index (χ0v) is 13.9. The van der Waals surface area contributed by atoms with Gasteiger partial charge < -0.3 is 5.32 Å². The van der Waals surface area contributed by atoms with Crippen molar-refractivity contribution < 1.29 is 14.4 Å². The molecule has 1 aromatic heterocycles. The number of hydroxylamine groups is 2. The van der Waals surface area contributed by atoms with Gasteiger partial charge in [-0.25, -0.2) is 5.06 Å². The second-order valence-corrected chi connectivity index (χ2v) is 6.00. The van der Waals surface area contributed by atoms with Gasteiger partial charge in [0.1, 0.15) is 0 Å². The van der Waals surface area contributed by atoms with Gasteiger partial charge >= 0.3 is 0 Å². The van der Waals surface area contributed by atoms with E-state index in [-0.39, 0.29) is 11.8 Å². The van der Waals surface area contributed by atoms with Crippen molar-refractivity contribution in [3.8, 4) is 0 Å². The van der Waals surface area contributed by atoms with E-state index in [1.54, 1.807) is 37.3 Å². The molecule has 116 valence electrons. The van der Waals surface area contributed by atoms with E-state index in [2.05, 4.69) is 5.32 Å². The van der Waals surface area contributed by atoms with Crippen LogP contribution in [-0.4, -0.2) is 31.0 Å². The lowest BCUT2D eigenvalue weighted by Crippen LogP contribution is -2.25. The topological polar surface area (TPSA) is 58.6 Å². The maximum atomic E-state index is 12.2. The van der Waals surface area contributed by atoms with Crippen molar-refractivity contribution in [1.82, 2.24) is 5.06 Å². The molecule has 5 nitrogen and oxygen atoms in total. The van der Waals surface area contributed by atoms with E-state index < -0.39 is 0 Å². The number of hydrogen-bond donors (Lipinski definition) is 1. The van der Waals surface area contributed by atoms with E-state index in [0.717, 1.165) is 10.6 Å². The Kier molecular flexibility index (Phi) is 5.18. The Morgan fingerprint density at radius 2 is 2.00 bits per heavy atom. The largest absolute Gasteiger partial charge is 0.313 e. The molecule has 1 aromatic carbocycles. The number of benzene rings is 1. The lowest BCUT2D eigenvalue weighted by Gasteiger charge is -2.12. The molecule has 0 bridgehead atoms. The van der Waals surface area contributed by atoms with Crippen LogP contribution >= 0.6 is 22.9 Å². The third-order valence-corrected chi connectivity index (χ3v) is 4.50. The monoisotopic (exact) mass is 338 g/mol. The molecule has 2 aromatic rings. The molecule has 2 rings (SSSR count). The van der Waals surface area contributed by atoms with E-state index >= 15 is 0 Å². The highest BCUT2D eigenvalue weighted by molar-refractivity contribution is 7.18. The third kappa shape index (κ3) is 3.47. The minimum Gasteiger partial charge on any atom is -0.313 e. The highest BCUT2D eigenvalue weighted by Gasteiger charge is 2.19. The number of anilines is 1. The second kappa shape index (κ2) is 6.91. The van der Waals surface area contributed by atoms with Crippen LogP contribution in [0.3, 0.4) is 0 Å². The minimum atomic E-state index is -0.314. The molecule has 0 radical (unpaired) electrons. The van der Waals surface area contributed by atoms with Crippen molar-refractivity contribution in [2.45, 2.75) is 6.92 Å². The van der Waals surface area contributed by atoms with E-state index in [0.29, 0.717) is 20.5 Å². The van der Waals surface area contributed by atoms with Gasteiger partial charge in [-0.1, -0.05) is 23.7 Å². The van der Waals surface area contributed by atoms with Crippen LogP contribution in [0.2, 0.25) is 5.02 Å². The molecule has 0 spiro atoms. The summed E-state index contributed by atoms with van der Waals surface area (Å²) in [6.45, 7) is 1.80. The minimum absolute atomic E-state index is 0.261. The van der Waals surface area contributed by atoms with Crippen LogP contribution in [0.25, 0.3) is 0 Å². The van der Waals surface area contributed by atoms with Gasteiger partial charge in [-0.2, -0.15) is 0 Å². The number of aryl methyl sites for hydroxylation is 1. The van der Waals surface area contributed by atoms with Crippen LogP contribution < -0.4 is 5.32 Å². The molecular formula is C15H15ClN2O3S. The highest BCUT2D eigenvalue weighted by Crippen LogP contribution is 2.28. The molecule has 22 heavy (non-hydrogen) atoms. The lowest BCUT2D eigenvalue weighted by atomic mass is 10.2. The summed E-state index contributed by atoms with van der Waals surface area (Å²) < 4.78 is 0. The van der Waals surface area contributed by atoms with Crippen LogP contribution in [0.5, 0.6) is 0 Å². The molecule has 0 atom stereocenters. The van der Waals surface area contributed by atoms with Crippen LogP contribution in [0.4, 0.5) is 5.00 Å². The van der Waals surface area contributed by atoms with Gasteiger partial charge in [0, 0.05) is 7.05 Å². The molecule has 0 fully saturated rings. The van der Waals surface area contributed by atoms with E-state index in [9.17, 15) is 9.59 Å². The van der Waals surface area contributed by atoms with Gasteiger partial charge in [0.25, 0.3) is 11.8 Å². The van der Waals surface area contributed by atoms with Crippen molar-refractivity contribution in [2.75, 3.05) is 19.5 Å². The molecule has 0 unspecified atom stereocenters. The Balaban J connectivity index is 2.20. The van der Waals surface area contributed by atoms with Crippen molar-refractivity contribution in [3.63, 3.8) is 0 Å². The third-order valence-electron chi connectivity index (χ3n) is 3.03. The predicted octanol–water partition coefficient (Wildman–Crippen LogP) is 3.60. The van der Waals surface area contributed by atoms with Crippen molar-refractivity contribution >= 4 is 39.8 Å². The second-order valence-electron chi connectivity index (χ2n) is 4.54. The predicted molar refractivity (Wildman–Crippen MR) is 87.6 cm³/mol. The molecular weight excluding hydrogens is 324 g/mol. The van der Waals surface area contributed by atoms with E-state index in [1.165, 1.54) is 25.5 Å². The molecule has 0 aliphatic rings. The Bertz CT molecular complexity index is 715. The fourth-order valence-electron chi connectivity index (χ4n) is 1.81. The number of nitrogens with one attached hydrogen (secondary N) is 1. The summed E-state index contributed by atoms with van der Waals surface area (Å²) in [5.41, 5.74) is 1.16. The SMILES string of the molecule is CON(C)C(=O)c1sc(NC(=O)c2ccccc2Cl)cc1C. The first-order valence-corrected chi connectivity index (χ1v) is 7.62. The van der Waals surface area contributed by atoms with Crippen LogP contribution in [0.15, 0.2) is 30.3 Å².